The van der Waals surface area contributed by atoms with E-state index in [1.54, 1.807) is 6.92 Å². The van der Waals surface area contributed by atoms with Crippen LogP contribution in [-0.2, 0) is 49.4 Å². The molecule has 4 aliphatic heterocycles. The van der Waals surface area contributed by atoms with Gasteiger partial charge in [-0.25, -0.2) is 0 Å². The van der Waals surface area contributed by atoms with E-state index in [1.165, 1.54) is 0 Å². The molecule has 22 atom stereocenters. The van der Waals surface area contributed by atoms with Gasteiger partial charge < -0.3 is 44.5 Å². The van der Waals surface area contributed by atoms with Gasteiger partial charge >= 0.3 is 0 Å². The summed E-state index contributed by atoms with van der Waals surface area (Å²) in [5.41, 5.74) is -0.991. The SMILES string of the molecule is CC1[C@H]2[C@H](C[C@]3(C(=O)C[C@H]4C3CC[C@H]3Cc5nc6c(nc5C[C@@]34C)C[C@@H]3C[C@H](O)C4C5=C[C@@H]7O[C@]8(CC[C@](C)(O)CO8)[C@@H](C)[C@]7(O)[C@@]5(C)[C@H](O)CC4[C@@]3(C)C6)[C@@]2(C)O)O[C@]12CCC(C)(C)O2. The summed E-state index contributed by atoms with van der Waals surface area (Å²) < 4.78 is 26.5. The standard InChI is InChI=1S/C54H76N2O10/c1-26-44-39(64-52(26)14-12-45(3,4)66-52)24-51(50(44,9)61)30-11-10-28-16-34-36(22-47(28,6)31(30)19-41(51)59)56-35-17-29-18-38(57)43-32(48(29,7)23-37(35)55-34)20-40(58)49(8)33(43)21-42-54(49,62)27(2)53(65-42)15-13-46(5,60)25-63-53/h21,26-32,38-40,42-44,57-58,60-62H,10-20,22-25H2,1-9H3/t26?,27-,28+,29-,30?,31+,32?,38+,39+,40-,42+,43?,44+,46+,47+,48+,49-,50+,51+,52+,53-,54-/m1/s1. The minimum atomic E-state index is -1.44. The predicted octanol–water partition coefficient (Wildman–Crippen LogP) is 5.73. The van der Waals surface area contributed by atoms with Crippen LogP contribution in [0, 0.1) is 74.9 Å². The topological polar surface area (TPSA) is 181 Å². The van der Waals surface area contributed by atoms with Crippen LogP contribution in [0.1, 0.15) is 149 Å². The van der Waals surface area contributed by atoms with Crippen molar-refractivity contribution in [3.8, 4) is 0 Å². The maximum Gasteiger partial charge on any atom is 0.174 e. The van der Waals surface area contributed by atoms with Crippen molar-refractivity contribution >= 4 is 5.78 Å². The van der Waals surface area contributed by atoms with Crippen LogP contribution in [0.3, 0.4) is 0 Å². The van der Waals surface area contributed by atoms with Crippen molar-refractivity contribution in [1.82, 2.24) is 9.97 Å². The number of Topliss-reactive ketones (excluding diaryl/α,β-unsaturated/α-hetero) is 1. The third-order valence-corrected chi connectivity index (χ3v) is 23.5. The van der Waals surface area contributed by atoms with Gasteiger partial charge in [-0.15, -0.1) is 0 Å². The predicted molar refractivity (Wildman–Crippen MR) is 240 cm³/mol. The van der Waals surface area contributed by atoms with Crippen molar-refractivity contribution < 1.29 is 49.3 Å². The molecule has 13 rings (SSSR count). The molecule has 12 nitrogen and oxygen atoms in total. The lowest BCUT2D eigenvalue weighted by Crippen LogP contribution is -2.66. The minimum absolute atomic E-state index is 0.0157. The number of carbonyl (C=O) groups excluding carboxylic acids is 1. The van der Waals surface area contributed by atoms with Gasteiger partial charge in [0.25, 0.3) is 0 Å². The second-order valence-corrected chi connectivity index (χ2v) is 26.8. The van der Waals surface area contributed by atoms with E-state index in [4.69, 9.17) is 28.9 Å². The van der Waals surface area contributed by atoms with Gasteiger partial charge in [0.05, 0.1) is 69.9 Å². The Morgan fingerprint density at radius 3 is 2.03 bits per heavy atom. The normalized spacial score (nSPS) is 59.2. The van der Waals surface area contributed by atoms with Crippen LogP contribution in [0.2, 0.25) is 0 Å². The van der Waals surface area contributed by atoms with Crippen molar-refractivity contribution in [3.05, 3.63) is 34.4 Å². The Labute approximate surface area is 390 Å². The zero-order chi connectivity index (χ0) is 46.5. The monoisotopic (exact) mass is 913 g/mol. The first-order valence-electron chi connectivity index (χ1n) is 26.2. The molecule has 66 heavy (non-hydrogen) atoms. The number of hydrogen-bond acceptors (Lipinski definition) is 12. The summed E-state index contributed by atoms with van der Waals surface area (Å²) in [7, 11) is 0. The fraction of sp³-hybridized carbons (Fsp3) is 0.870. The molecule has 362 valence electrons. The molecule has 0 aromatic carbocycles. The minimum Gasteiger partial charge on any atom is -0.392 e. The van der Waals surface area contributed by atoms with Crippen LogP contribution >= 0.6 is 0 Å². The molecule has 4 saturated heterocycles. The van der Waals surface area contributed by atoms with Gasteiger partial charge in [-0.05, 0) is 139 Å². The Balaban J connectivity index is 0.773. The summed E-state index contributed by atoms with van der Waals surface area (Å²) in [6.45, 7) is 19.0. The average molecular weight is 913 g/mol. The van der Waals surface area contributed by atoms with Crippen LogP contribution in [0.4, 0.5) is 0 Å². The van der Waals surface area contributed by atoms with E-state index in [-0.39, 0.29) is 76.4 Å². The number of carbonyl (C=O) groups is 1. The van der Waals surface area contributed by atoms with Gasteiger partial charge in [0.2, 0.25) is 0 Å². The number of rotatable bonds is 0. The molecule has 4 unspecified atom stereocenters. The molecule has 3 spiro atoms. The molecule has 12 aliphatic rings. The first kappa shape index (κ1) is 44.1. The third kappa shape index (κ3) is 5.02. The van der Waals surface area contributed by atoms with Crippen molar-refractivity contribution in [2.45, 2.75) is 211 Å². The lowest BCUT2D eigenvalue weighted by Gasteiger charge is -2.62. The number of nitrogens with zero attached hydrogens (tertiary/aromatic N) is 2. The summed E-state index contributed by atoms with van der Waals surface area (Å²) >= 11 is 0. The van der Waals surface area contributed by atoms with Gasteiger partial charge in [0, 0.05) is 48.3 Å². The maximum absolute atomic E-state index is 14.8. The molecular formula is C54H76N2O10. The summed E-state index contributed by atoms with van der Waals surface area (Å²) in [6, 6.07) is 0. The molecule has 1 aromatic rings. The van der Waals surface area contributed by atoms with E-state index in [9.17, 15) is 30.3 Å². The molecule has 9 fully saturated rings. The van der Waals surface area contributed by atoms with Crippen LogP contribution in [-0.4, -0.2) is 106 Å². The lowest BCUT2D eigenvalue weighted by atomic mass is 9.44. The molecule has 1 aromatic heterocycles. The fourth-order valence-corrected chi connectivity index (χ4v) is 19.7. The summed E-state index contributed by atoms with van der Waals surface area (Å²) in [6.07, 6.45) is 9.36. The number of fused-ring (bicyclic) bond motifs is 14. The molecule has 0 bridgehead atoms. The van der Waals surface area contributed by atoms with Gasteiger partial charge in [0.1, 0.15) is 17.5 Å². The Bertz CT molecular complexity index is 2340. The Kier molecular flexibility index (Phi) is 8.66. The van der Waals surface area contributed by atoms with Crippen LogP contribution in [0.15, 0.2) is 11.6 Å². The van der Waals surface area contributed by atoms with Crippen molar-refractivity contribution in [1.29, 1.82) is 0 Å². The average Bonchev–Trinajstić information content (AvgIpc) is 3.99. The summed E-state index contributed by atoms with van der Waals surface area (Å²) in [5, 5.41) is 61.3. The molecule has 8 aliphatic carbocycles. The number of aliphatic hydroxyl groups excluding tert-OH is 2. The number of aromatic nitrogens is 2. The van der Waals surface area contributed by atoms with Crippen molar-refractivity contribution in [3.63, 3.8) is 0 Å². The third-order valence-electron chi connectivity index (χ3n) is 23.5. The number of ketones is 1. The highest BCUT2D eigenvalue weighted by Crippen LogP contribution is 2.74. The van der Waals surface area contributed by atoms with E-state index in [0.717, 1.165) is 79.7 Å². The highest BCUT2D eigenvalue weighted by atomic mass is 16.7. The van der Waals surface area contributed by atoms with Gasteiger partial charge in [0.15, 0.2) is 11.6 Å². The van der Waals surface area contributed by atoms with E-state index >= 15 is 0 Å². The number of aliphatic hydroxyl groups is 5. The molecule has 12 heteroatoms. The second-order valence-electron chi connectivity index (χ2n) is 26.8. The Morgan fingerprint density at radius 1 is 0.727 bits per heavy atom. The quantitative estimate of drug-likeness (QED) is 0.200. The van der Waals surface area contributed by atoms with Crippen LogP contribution in [0.5, 0.6) is 0 Å². The summed E-state index contributed by atoms with van der Waals surface area (Å²) in [4.78, 5) is 25.9. The van der Waals surface area contributed by atoms with Crippen LogP contribution in [0.25, 0.3) is 0 Å². The maximum atomic E-state index is 14.8. The zero-order valence-electron chi connectivity index (χ0n) is 40.9. The highest BCUT2D eigenvalue weighted by Gasteiger charge is 2.80. The van der Waals surface area contributed by atoms with Gasteiger partial charge in [-0.1, -0.05) is 46.3 Å². The molecule has 0 radical (unpaired) electrons. The van der Waals surface area contributed by atoms with E-state index < -0.39 is 63.4 Å². The smallest absolute Gasteiger partial charge is 0.174 e. The lowest BCUT2D eigenvalue weighted by molar-refractivity contribution is -0.289. The van der Waals surface area contributed by atoms with Gasteiger partial charge in [-0.2, -0.15) is 0 Å². The highest BCUT2D eigenvalue weighted by molar-refractivity contribution is 5.90. The van der Waals surface area contributed by atoms with Gasteiger partial charge in [-0.3, -0.25) is 14.8 Å². The first-order valence-corrected chi connectivity index (χ1v) is 26.2. The number of ether oxygens (including phenoxy) is 4. The molecule has 5 N–H and O–H groups in total. The molecule has 5 saturated carbocycles. The molecular weight excluding hydrogens is 837 g/mol. The molecule has 0 amide bonds. The van der Waals surface area contributed by atoms with E-state index in [1.807, 2.05) is 26.8 Å². The fourth-order valence-electron chi connectivity index (χ4n) is 19.7. The van der Waals surface area contributed by atoms with E-state index in [0.29, 0.717) is 44.4 Å². The van der Waals surface area contributed by atoms with Crippen molar-refractivity contribution in [2.75, 3.05) is 6.61 Å². The zero-order valence-corrected chi connectivity index (χ0v) is 40.9. The Hall–Kier alpha value is -1.87. The Morgan fingerprint density at radius 2 is 1.39 bits per heavy atom. The largest absolute Gasteiger partial charge is 0.392 e. The molecule has 5 heterocycles. The van der Waals surface area contributed by atoms with Crippen LogP contribution < -0.4 is 0 Å². The second kappa shape index (κ2) is 13.0. The number of hydrogen-bond donors (Lipinski definition) is 5. The van der Waals surface area contributed by atoms with E-state index in [2.05, 4.69) is 34.6 Å². The first-order chi connectivity index (χ1) is 30.8. The summed E-state index contributed by atoms with van der Waals surface area (Å²) in [5.74, 6) is -1.71. The van der Waals surface area contributed by atoms with Crippen molar-refractivity contribution in [2.24, 2.45) is 74.9 Å².